The van der Waals surface area contributed by atoms with Crippen LogP contribution in [0.1, 0.15) is 53.7 Å². The van der Waals surface area contributed by atoms with E-state index in [2.05, 4.69) is 32.9 Å². The molecule has 5 rings (SSSR count). The first-order chi connectivity index (χ1) is 15.4. The third-order valence-electron chi connectivity index (χ3n) is 6.13. The highest BCUT2D eigenvalue weighted by Gasteiger charge is 2.42. The number of nitrogens with two attached hydrogens (primary N) is 1. The molecule has 3 aromatic heterocycles. The lowest BCUT2D eigenvalue weighted by atomic mass is 9.81. The summed E-state index contributed by atoms with van der Waals surface area (Å²) in [7, 11) is 0. The quantitative estimate of drug-likeness (QED) is 0.544. The minimum absolute atomic E-state index is 0.253. The topological polar surface area (TPSA) is 119 Å². The van der Waals surface area contributed by atoms with Gasteiger partial charge in [0.2, 0.25) is 0 Å². The molecule has 0 unspecified atom stereocenters. The largest absolute Gasteiger partial charge is 0.437 e. The molecule has 2 aliphatic rings. The van der Waals surface area contributed by atoms with E-state index >= 15 is 0 Å². The van der Waals surface area contributed by atoms with Crippen LogP contribution in [0.4, 0.5) is 10.5 Å². The Balaban J connectivity index is 1.47. The monoisotopic (exact) mass is 451 g/mol. The van der Waals surface area contributed by atoms with Gasteiger partial charge in [0.05, 0.1) is 22.1 Å². The van der Waals surface area contributed by atoms with Crippen molar-refractivity contribution in [1.82, 2.24) is 15.3 Å². The number of hydrogen-bond acceptors (Lipinski definition) is 7. The van der Waals surface area contributed by atoms with Crippen molar-refractivity contribution in [2.75, 3.05) is 18.4 Å². The molecule has 0 aromatic carbocycles. The summed E-state index contributed by atoms with van der Waals surface area (Å²) in [6.45, 7) is 3.28. The first-order valence-corrected chi connectivity index (χ1v) is 11.7. The van der Waals surface area contributed by atoms with Gasteiger partial charge in [-0.1, -0.05) is 6.92 Å². The van der Waals surface area contributed by atoms with Crippen LogP contribution in [0.15, 0.2) is 36.0 Å². The van der Waals surface area contributed by atoms with E-state index in [1.807, 2.05) is 6.07 Å². The fourth-order valence-corrected chi connectivity index (χ4v) is 5.56. The third kappa shape index (κ3) is 3.93. The summed E-state index contributed by atoms with van der Waals surface area (Å²) in [5.41, 5.74) is 8.06. The van der Waals surface area contributed by atoms with E-state index in [4.69, 9.17) is 10.5 Å². The Bertz CT molecular complexity index is 1190. The lowest BCUT2D eigenvalue weighted by molar-refractivity contribution is -0.0187. The van der Waals surface area contributed by atoms with Gasteiger partial charge in [-0.3, -0.25) is 9.78 Å². The number of ether oxygens (including phenoxy) is 1. The number of nitrogens with one attached hydrogen (secondary N) is 2. The highest BCUT2D eigenvalue weighted by Crippen LogP contribution is 2.44. The number of nitrogens with zero attached hydrogens (tertiary/aromatic N) is 2. The SMILES string of the molecule is C[C@H]1CNC[C@@](OC(N)=O)(c2ccncc2NC(=O)c2ccc3scc(C4CC4)c3n2)C1. The number of carbonyl (C=O) groups excluding carboxylic acids is 2. The van der Waals surface area contributed by atoms with Gasteiger partial charge < -0.3 is 21.1 Å². The second kappa shape index (κ2) is 8.14. The van der Waals surface area contributed by atoms with Gasteiger partial charge in [0, 0.05) is 18.3 Å². The number of carbonyl (C=O) groups is 2. The number of rotatable bonds is 5. The average molecular weight is 452 g/mol. The van der Waals surface area contributed by atoms with Gasteiger partial charge in [0.15, 0.2) is 5.60 Å². The number of anilines is 1. The molecule has 4 N–H and O–H groups in total. The van der Waals surface area contributed by atoms with Crippen molar-refractivity contribution >= 4 is 39.2 Å². The standard InChI is InChI=1S/C23H25N5O3S/c1-13-8-23(12-26-9-13,31-22(24)30)16-6-7-25-10-18(16)28-21(29)17-4-5-19-20(27-17)15(11-32-19)14-2-3-14/h4-7,10-11,13-14,26H,2-3,8-9,12H2,1H3,(H2,24,30)(H,28,29)/t13-,23-/m1/s1. The summed E-state index contributed by atoms with van der Waals surface area (Å²) >= 11 is 1.66. The van der Waals surface area contributed by atoms with Crippen molar-refractivity contribution in [1.29, 1.82) is 0 Å². The number of amides is 2. The van der Waals surface area contributed by atoms with Crippen molar-refractivity contribution < 1.29 is 14.3 Å². The van der Waals surface area contributed by atoms with Gasteiger partial charge in [0.1, 0.15) is 5.69 Å². The molecule has 2 amide bonds. The first-order valence-electron chi connectivity index (χ1n) is 10.8. The summed E-state index contributed by atoms with van der Waals surface area (Å²) in [5, 5.41) is 8.39. The number of fused-ring (bicyclic) bond motifs is 1. The predicted octanol–water partition coefficient (Wildman–Crippen LogP) is 3.74. The van der Waals surface area contributed by atoms with E-state index in [1.165, 1.54) is 18.4 Å². The number of aromatic nitrogens is 2. The van der Waals surface area contributed by atoms with Gasteiger partial charge >= 0.3 is 6.09 Å². The lowest BCUT2D eigenvalue weighted by Crippen LogP contribution is -2.50. The molecule has 3 aromatic rings. The van der Waals surface area contributed by atoms with Crippen LogP contribution in [0.2, 0.25) is 0 Å². The van der Waals surface area contributed by atoms with Gasteiger partial charge in [-0.15, -0.1) is 11.3 Å². The Hall–Kier alpha value is -3.04. The van der Waals surface area contributed by atoms with E-state index in [0.29, 0.717) is 35.8 Å². The first kappa shape index (κ1) is 20.8. The normalized spacial score (nSPS) is 23.1. The minimum atomic E-state index is -0.987. The number of piperidine rings is 1. The predicted molar refractivity (Wildman–Crippen MR) is 123 cm³/mol. The molecule has 9 heteroatoms. The Kier molecular flexibility index (Phi) is 5.30. The van der Waals surface area contributed by atoms with Crippen LogP contribution in [-0.4, -0.2) is 35.1 Å². The van der Waals surface area contributed by atoms with Crippen LogP contribution in [-0.2, 0) is 10.3 Å². The maximum atomic E-state index is 13.2. The highest BCUT2D eigenvalue weighted by atomic mass is 32.1. The zero-order chi connectivity index (χ0) is 22.3. The summed E-state index contributed by atoms with van der Waals surface area (Å²) in [6, 6.07) is 5.45. The summed E-state index contributed by atoms with van der Waals surface area (Å²) in [4.78, 5) is 33.8. The van der Waals surface area contributed by atoms with Gasteiger partial charge in [-0.25, -0.2) is 9.78 Å². The van der Waals surface area contributed by atoms with Crippen molar-refractivity contribution in [3.05, 3.63) is 52.8 Å². The molecule has 1 aliphatic carbocycles. The fraction of sp³-hybridized carbons (Fsp3) is 0.391. The van der Waals surface area contributed by atoms with Gasteiger partial charge in [-0.05, 0) is 66.8 Å². The molecule has 0 spiro atoms. The van der Waals surface area contributed by atoms with Gasteiger partial charge in [-0.2, -0.15) is 0 Å². The maximum absolute atomic E-state index is 13.2. The molecule has 2 fully saturated rings. The molecule has 1 saturated carbocycles. The van der Waals surface area contributed by atoms with E-state index in [-0.39, 0.29) is 11.8 Å². The number of hydrogen-bond donors (Lipinski definition) is 3. The second-order valence-corrected chi connectivity index (χ2v) is 9.65. The zero-order valence-corrected chi connectivity index (χ0v) is 18.6. The Morgan fingerprint density at radius 2 is 2.16 bits per heavy atom. The molecule has 2 atom stereocenters. The second-order valence-electron chi connectivity index (χ2n) is 8.74. The van der Waals surface area contributed by atoms with Crippen molar-refractivity contribution in [3.63, 3.8) is 0 Å². The molecule has 4 heterocycles. The number of thiophene rings is 1. The van der Waals surface area contributed by atoms with E-state index in [9.17, 15) is 9.59 Å². The smallest absolute Gasteiger partial charge is 0.405 e. The van der Waals surface area contributed by atoms with E-state index < -0.39 is 11.7 Å². The molecule has 1 saturated heterocycles. The summed E-state index contributed by atoms with van der Waals surface area (Å²) < 4.78 is 6.73. The van der Waals surface area contributed by atoms with E-state index in [0.717, 1.165) is 16.8 Å². The fourth-order valence-electron chi connectivity index (χ4n) is 4.58. The van der Waals surface area contributed by atoms with E-state index in [1.54, 1.807) is 35.9 Å². The van der Waals surface area contributed by atoms with Crippen LogP contribution in [0.25, 0.3) is 10.2 Å². The Labute approximate surface area is 189 Å². The minimum Gasteiger partial charge on any atom is -0.437 e. The molecule has 1 aliphatic heterocycles. The summed E-state index contributed by atoms with van der Waals surface area (Å²) in [5.74, 6) is 0.481. The molecule has 0 radical (unpaired) electrons. The maximum Gasteiger partial charge on any atom is 0.405 e. The molecular weight excluding hydrogens is 426 g/mol. The van der Waals surface area contributed by atoms with Crippen molar-refractivity contribution in [2.45, 2.75) is 37.7 Å². The number of pyridine rings is 2. The molecule has 166 valence electrons. The van der Waals surface area contributed by atoms with Gasteiger partial charge in [0.25, 0.3) is 5.91 Å². The highest BCUT2D eigenvalue weighted by molar-refractivity contribution is 7.17. The third-order valence-corrected chi connectivity index (χ3v) is 7.09. The van der Waals surface area contributed by atoms with Crippen molar-refractivity contribution in [2.24, 2.45) is 11.7 Å². The van der Waals surface area contributed by atoms with Crippen LogP contribution in [0, 0.1) is 5.92 Å². The molecule has 8 nitrogen and oxygen atoms in total. The Morgan fingerprint density at radius 1 is 1.31 bits per heavy atom. The van der Waals surface area contributed by atoms with Crippen molar-refractivity contribution in [3.8, 4) is 0 Å². The molecule has 0 bridgehead atoms. The van der Waals surface area contributed by atoms with Crippen LogP contribution in [0.3, 0.4) is 0 Å². The molecular formula is C23H25N5O3S. The van der Waals surface area contributed by atoms with Crippen LogP contribution < -0.4 is 16.4 Å². The Morgan fingerprint density at radius 3 is 2.91 bits per heavy atom. The molecule has 32 heavy (non-hydrogen) atoms. The average Bonchev–Trinajstić information content (AvgIpc) is 3.52. The summed E-state index contributed by atoms with van der Waals surface area (Å²) in [6.07, 6.45) is 5.27. The zero-order valence-electron chi connectivity index (χ0n) is 17.8. The van der Waals surface area contributed by atoms with Crippen LogP contribution >= 0.6 is 11.3 Å². The lowest BCUT2D eigenvalue weighted by Gasteiger charge is -2.40. The number of primary amides is 1. The van der Waals surface area contributed by atoms with Crippen LogP contribution in [0.5, 0.6) is 0 Å².